The summed E-state index contributed by atoms with van der Waals surface area (Å²) in [7, 11) is 0. The Morgan fingerprint density at radius 3 is 2.76 bits per heavy atom. The Balaban J connectivity index is 1.38. The lowest BCUT2D eigenvalue weighted by Gasteiger charge is -2.53. The lowest BCUT2D eigenvalue weighted by Crippen LogP contribution is -2.51. The highest BCUT2D eigenvalue weighted by Gasteiger charge is 2.62. The third-order valence-corrected chi connectivity index (χ3v) is 9.75. The highest BCUT2D eigenvalue weighted by atomic mass is 16.7. The van der Waals surface area contributed by atoms with Crippen LogP contribution in [0, 0.1) is 35.0 Å². The molecule has 1 N–H and O–H groups in total. The molecule has 0 saturated heterocycles. The topological polar surface area (TPSA) is 55.8 Å². The van der Waals surface area contributed by atoms with E-state index in [4.69, 9.17) is 9.47 Å². The standard InChI is InChI=1S/C30H32O4/c1-29-16-24(20-5-9-26-27(15-20)34-17-33-26)28-22-8-6-21(31)14-19(22)4-7-23(28)25(29)11-13-30(29,32)12-10-18-2-3-18/h5,9,14-15,18,23-25,32H,2-4,6-8,11,13,16-17H2,1H3/t23-,24+,25-,29-,30-/m0/s1. The molecule has 34 heavy (non-hydrogen) atoms. The number of ether oxygens (including phenoxy) is 2. The summed E-state index contributed by atoms with van der Waals surface area (Å²) >= 11 is 0. The van der Waals surface area contributed by atoms with E-state index in [2.05, 4.69) is 30.9 Å². The Kier molecular flexibility index (Phi) is 4.44. The summed E-state index contributed by atoms with van der Waals surface area (Å²) in [6, 6.07) is 6.36. The van der Waals surface area contributed by atoms with Gasteiger partial charge in [-0.2, -0.15) is 0 Å². The Bertz CT molecular complexity index is 1210. The number of ketones is 1. The number of benzene rings is 1. The first-order valence-corrected chi connectivity index (χ1v) is 13.1. The lowest BCUT2D eigenvalue weighted by atomic mass is 9.51. The molecule has 6 aliphatic rings. The van der Waals surface area contributed by atoms with Crippen LogP contribution in [0.1, 0.15) is 76.2 Å². The minimum absolute atomic E-state index is 0.194. The molecule has 0 spiro atoms. The molecule has 7 rings (SSSR count). The van der Waals surface area contributed by atoms with Crippen LogP contribution in [0.3, 0.4) is 0 Å². The summed E-state index contributed by atoms with van der Waals surface area (Å²) in [5.41, 5.74) is 4.28. The van der Waals surface area contributed by atoms with Gasteiger partial charge in [0.15, 0.2) is 17.3 Å². The minimum Gasteiger partial charge on any atom is -0.454 e. The smallest absolute Gasteiger partial charge is 0.231 e. The summed E-state index contributed by atoms with van der Waals surface area (Å²) in [6.45, 7) is 2.58. The lowest BCUT2D eigenvalue weighted by molar-refractivity contribution is -0.114. The number of hydrogen-bond donors (Lipinski definition) is 1. The molecular formula is C30H32O4. The van der Waals surface area contributed by atoms with Crippen LogP contribution in [-0.2, 0) is 4.79 Å². The van der Waals surface area contributed by atoms with Crippen molar-refractivity contribution in [1.29, 1.82) is 0 Å². The van der Waals surface area contributed by atoms with Crippen molar-refractivity contribution in [1.82, 2.24) is 0 Å². The third kappa shape index (κ3) is 2.99. The first-order valence-electron chi connectivity index (χ1n) is 13.1. The highest BCUT2D eigenvalue weighted by Crippen LogP contribution is 2.66. The maximum atomic E-state index is 12.2. The zero-order chi connectivity index (χ0) is 23.1. The summed E-state index contributed by atoms with van der Waals surface area (Å²) in [6.07, 6.45) is 10.4. The van der Waals surface area contributed by atoms with Crippen molar-refractivity contribution in [3.05, 3.63) is 46.6 Å². The Labute approximate surface area is 201 Å². The van der Waals surface area contributed by atoms with Gasteiger partial charge in [0, 0.05) is 23.7 Å². The normalized spacial score (nSPS) is 37.9. The fourth-order valence-electron chi connectivity index (χ4n) is 7.75. The van der Waals surface area contributed by atoms with Gasteiger partial charge >= 0.3 is 0 Å². The van der Waals surface area contributed by atoms with Crippen molar-refractivity contribution in [3.63, 3.8) is 0 Å². The molecule has 5 aliphatic carbocycles. The van der Waals surface area contributed by atoms with Gasteiger partial charge in [0.1, 0.15) is 5.60 Å². The Morgan fingerprint density at radius 1 is 1.06 bits per heavy atom. The van der Waals surface area contributed by atoms with Crippen LogP contribution in [0.4, 0.5) is 0 Å². The molecule has 0 unspecified atom stereocenters. The summed E-state index contributed by atoms with van der Waals surface area (Å²) in [5.74, 6) is 10.3. The van der Waals surface area contributed by atoms with E-state index in [0.717, 1.165) is 50.0 Å². The van der Waals surface area contributed by atoms with Crippen molar-refractivity contribution < 1.29 is 19.4 Å². The molecule has 0 bridgehead atoms. The van der Waals surface area contributed by atoms with E-state index in [1.165, 1.54) is 35.1 Å². The molecule has 3 saturated carbocycles. The van der Waals surface area contributed by atoms with Crippen LogP contribution in [-0.4, -0.2) is 23.3 Å². The predicted molar refractivity (Wildman–Crippen MR) is 128 cm³/mol. The average Bonchev–Trinajstić information content (AvgIpc) is 3.48. The fraction of sp³-hybridized carbons (Fsp3) is 0.567. The molecule has 1 heterocycles. The molecule has 4 nitrogen and oxygen atoms in total. The molecule has 3 fully saturated rings. The van der Waals surface area contributed by atoms with Gasteiger partial charge in [-0.1, -0.05) is 30.4 Å². The minimum atomic E-state index is -0.927. The Morgan fingerprint density at radius 2 is 1.91 bits per heavy atom. The zero-order valence-electron chi connectivity index (χ0n) is 19.9. The van der Waals surface area contributed by atoms with Crippen molar-refractivity contribution in [2.45, 2.75) is 76.2 Å². The quantitative estimate of drug-likeness (QED) is 0.570. The van der Waals surface area contributed by atoms with Gasteiger partial charge in [-0.3, -0.25) is 4.79 Å². The van der Waals surface area contributed by atoms with Gasteiger partial charge < -0.3 is 14.6 Å². The summed E-state index contributed by atoms with van der Waals surface area (Å²) in [4.78, 5) is 12.2. The van der Waals surface area contributed by atoms with E-state index in [0.29, 0.717) is 24.2 Å². The monoisotopic (exact) mass is 456 g/mol. The zero-order valence-corrected chi connectivity index (χ0v) is 19.9. The van der Waals surface area contributed by atoms with Crippen LogP contribution >= 0.6 is 0 Å². The molecule has 5 atom stereocenters. The molecule has 0 aromatic heterocycles. The van der Waals surface area contributed by atoms with E-state index in [1.807, 2.05) is 12.1 Å². The number of fused-ring (bicyclic) bond motifs is 5. The number of carbonyl (C=O) groups is 1. The molecule has 0 radical (unpaired) electrons. The molecule has 1 aromatic carbocycles. The summed E-state index contributed by atoms with van der Waals surface area (Å²) < 4.78 is 11.3. The average molecular weight is 457 g/mol. The second-order valence-corrected chi connectivity index (χ2v) is 11.6. The second kappa shape index (κ2) is 7.25. The first-order chi connectivity index (χ1) is 16.5. The van der Waals surface area contributed by atoms with Crippen LogP contribution in [0.5, 0.6) is 11.5 Å². The molecule has 176 valence electrons. The molecule has 1 aliphatic heterocycles. The van der Waals surface area contributed by atoms with Gasteiger partial charge in [-0.05, 0) is 98.1 Å². The number of carbonyl (C=O) groups excluding carboxylic acids is 1. The number of aliphatic hydroxyl groups is 1. The van der Waals surface area contributed by atoms with E-state index < -0.39 is 5.60 Å². The Hall–Kier alpha value is -2.51. The van der Waals surface area contributed by atoms with Gasteiger partial charge in [0.25, 0.3) is 0 Å². The number of rotatable bonds is 1. The van der Waals surface area contributed by atoms with Crippen LogP contribution < -0.4 is 9.47 Å². The van der Waals surface area contributed by atoms with Crippen molar-refractivity contribution in [2.75, 3.05) is 6.79 Å². The molecule has 1 aromatic rings. The van der Waals surface area contributed by atoms with Gasteiger partial charge in [0.2, 0.25) is 6.79 Å². The van der Waals surface area contributed by atoms with Crippen LogP contribution in [0.2, 0.25) is 0 Å². The van der Waals surface area contributed by atoms with Gasteiger partial charge in [-0.25, -0.2) is 0 Å². The second-order valence-electron chi connectivity index (χ2n) is 11.6. The SMILES string of the molecule is C[C@]12C[C@H](c3ccc4c(c3)OCO4)C3=C4CCC(=O)C=C4CC[C@H]3[C@@H]1CC[C@@]2(O)C#CC1CC1. The van der Waals surface area contributed by atoms with E-state index >= 15 is 0 Å². The maximum absolute atomic E-state index is 12.2. The van der Waals surface area contributed by atoms with Crippen molar-refractivity contribution in [3.8, 4) is 23.3 Å². The van der Waals surface area contributed by atoms with E-state index in [9.17, 15) is 9.90 Å². The first kappa shape index (κ1) is 20.8. The third-order valence-electron chi connectivity index (χ3n) is 9.75. The van der Waals surface area contributed by atoms with Gasteiger partial charge in [-0.15, -0.1) is 0 Å². The van der Waals surface area contributed by atoms with Crippen molar-refractivity contribution in [2.24, 2.45) is 23.2 Å². The highest BCUT2D eigenvalue weighted by molar-refractivity contribution is 5.93. The van der Waals surface area contributed by atoms with E-state index in [-0.39, 0.29) is 23.9 Å². The maximum Gasteiger partial charge on any atom is 0.231 e. The van der Waals surface area contributed by atoms with E-state index in [1.54, 1.807) is 0 Å². The largest absolute Gasteiger partial charge is 0.454 e. The van der Waals surface area contributed by atoms with Gasteiger partial charge in [0.05, 0.1) is 0 Å². The van der Waals surface area contributed by atoms with Crippen LogP contribution in [0.15, 0.2) is 41.0 Å². The van der Waals surface area contributed by atoms with Crippen molar-refractivity contribution >= 4 is 5.78 Å². The molecule has 0 amide bonds. The number of hydrogen-bond acceptors (Lipinski definition) is 4. The molecular weight excluding hydrogens is 424 g/mol. The van der Waals surface area contributed by atoms with Crippen LogP contribution in [0.25, 0.3) is 0 Å². The number of allylic oxidation sites excluding steroid dienone is 4. The molecule has 4 heteroatoms. The predicted octanol–water partition coefficient (Wildman–Crippen LogP) is 5.46. The fourth-order valence-corrected chi connectivity index (χ4v) is 7.75. The summed E-state index contributed by atoms with van der Waals surface area (Å²) in [5, 5.41) is 12.0.